The van der Waals surface area contributed by atoms with E-state index in [0.29, 0.717) is 46.1 Å². The van der Waals surface area contributed by atoms with Gasteiger partial charge in [0.25, 0.3) is 0 Å². The minimum atomic E-state index is -0.325. The van der Waals surface area contributed by atoms with Gasteiger partial charge in [0.05, 0.1) is 51.7 Å². The van der Waals surface area contributed by atoms with E-state index in [9.17, 15) is 4.79 Å². The lowest BCUT2D eigenvalue weighted by molar-refractivity contribution is -0.0247. The molecule has 10 heteroatoms. The van der Waals surface area contributed by atoms with Crippen LogP contribution in [0, 0.1) is 6.92 Å². The van der Waals surface area contributed by atoms with Gasteiger partial charge in [0.1, 0.15) is 18.1 Å². The van der Waals surface area contributed by atoms with Gasteiger partial charge in [-0.2, -0.15) is 0 Å². The van der Waals surface area contributed by atoms with Crippen LogP contribution < -0.4 is 9.47 Å². The van der Waals surface area contributed by atoms with Crippen LogP contribution in [0.15, 0.2) is 102 Å². The van der Waals surface area contributed by atoms with Gasteiger partial charge in [-0.1, -0.05) is 72.8 Å². The summed E-state index contributed by atoms with van der Waals surface area (Å²) in [5.41, 5.74) is 6.60. The number of nitrogens with zero attached hydrogens (tertiary/aromatic N) is 2. The van der Waals surface area contributed by atoms with Crippen molar-refractivity contribution >= 4 is 32.9 Å². The van der Waals surface area contributed by atoms with E-state index in [2.05, 4.69) is 57.9 Å². The molecule has 2 atom stereocenters. The average molecular weight is 800 g/mol. The molecule has 1 aliphatic heterocycles. The highest BCUT2D eigenvalue weighted by atomic mass is 79.9. The lowest BCUT2D eigenvalue weighted by Gasteiger charge is -2.38. The number of piperidine rings is 1. The number of halogens is 1. The van der Waals surface area contributed by atoms with Crippen molar-refractivity contribution in [2.24, 2.45) is 0 Å². The van der Waals surface area contributed by atoms with E-state index in [-0.39, 0.29) is 24.7 Å². The second-order valence-corrected chi connectivity index (χ2v) is 14.4. The number of ether oxygens (including phenoxy) is 6. The van der Waals surface area contributed by atoms with E-state index in [1.165, 1.54) is 10.9 Å². The summed E-state index contributed by atoms with van der Waals surface area (Å²) in [4.78, 5) is 15.1. The monoisotopic (exact) mass is 798 g/mol. The van der Waals surface area contributed by atoms with Gasteiger partial charge in [0.15, 0.2) is 0 Å². The minimum absolute atomic E-state index is 0.0863. The van der Waals surface area contributed by atoms with Crippen LogP contribution in [-0.2, 0) is 45.3 Å². The Morgan fingerprint density at radius 3 is 2.43 bits per heavy atom. The number of para-hydroxylation sites is 1. The number of amides is 1. The molecule has 0 aliphatic carbocycles. The first kappa shape index (κ1) is 39.3. The molecule has 2 unspecified atom stereocenters. The Morgan fingerprint density at radius 1 is 0.833 bits per heavy atom. The molecule has 1 fully saturated rings. The first-order valence-electron chi connectivity index (χ1n) is 18.7. The van der Waals surface area contributed by atoms with Crippen LogP contribution >= 0.6 is 15.9 Å². The molecule has 286 valence electrons. The molecule has 1 aromatic heterocycles. The molecule has 2 heterocycles. The summed E-state index contributed by atoms with van der Waals surface area (Å²) in [5, 5.41) is 1.22. The number of aryl methyl sites for hydroxylation is 2. The summed E-state index contributed by atoms with van der Waals surface area (Å²) in [6.45, 7) is 6.99. The minimum Gasteiger partial charge on any atom is -0.496 e. The van der Waals surface area contributed by atoms with Gasteiger partial charge in [0, 0.05) is 60.8 Å². The normalized spacial score (nSPS) is 15.7. The Hall–Kier alpha value is -4.35. The molecule has 9 nitrogen and oxygen atoms in total. The van der Waals surface area contributed by atoms with Gasteiger partial charge in [-0.3, -0.25) is 0 Å². The number of aromatic nitrogens is 1. The Bertz CT molecular complexity index is 1930. The summed E-state index contributed by atoms with van der Waals surface area (Å²) in [5.74, 6) is 1.73. The van der Waals surface area contributed by atoms with Crippen molar-refractivity contribution in [1.29, 1.82) is 0 Å². The molecule has 6 rings (SSSR count). The van der Waals surface area contributed by atoms with Gasteiger partial charge in [-0.25, -0.2) is 4.79 Å². The number of likely N-dealkylation sites (tertiary alicyclic amines) is 1. The maximum Gasteiger partial charge on any atom is 0.410 e. The van der Waals surface area contributed by atoms with E-state index in [1.54, 1.807) is 19.1 Å². The summed E-state index contributed by atoms with van der Waals surface area (Å²) in [6, 6.07) is 30.2. The number of hydrogen-bond acceptors (Lipinski definition) is 7. The molecule has 0 bridgehead atoms. The second-order valence-electron chi connectivity index (χ2n) is 13.7. The third kappa shape index (κ3) is 10.2. The molecule has 1 amide bonds. The van der Waals surface area contributed by atoms with Gasteiger partial charge in [0.2, 0.25) is 0 Å². The average Bonchev–Trinajstić information content (AvgIpc) is 3.53. The van der Waals surface area contributed by atoms with E-state index in [1.807, 2.05) is 66.7 Å². The fourth-order valence-corrected chi connectivity index (χ4v) is 7.73. The third-order valence-electron chi connectivity index (χ3n) is 9.94. The zero-order chi connectivity index (χ0) is 37.7. The van der Waals surface area contributed by atoms with Crippen molar-refractivity contribution < 1.29 is 33.2 Å². The van der Waals surface area contributed by atoms with Gasteiger partial charge < -0.3 is 37.9 Å². The van der Waals surface area contributed by atoms with Crippen molar-refractivity contribution in [2.45, 2.75) is 64.6 Å². The molecule has 1 aliphatic rings. The Morgan fingerprint density at radius 2 is 1.63 bits per heavy atom. The van der Waals surface area contributed by atoms with Crippen LogP contribution in [-0.4, -0.2) is 68.8 Å². The van der Waals surface area contributed by atoms with Crippen molar-refractivity contribution in [2.75, 3.05) is 47.1 Å². The molecule has 1 saturated heterocycles. The molecule has 4 aromatic carbocycles. The van der Waals surface area contributed by atoms with Crippen molar-refractivity contribution in [3.05, 3.63) is 129 Å². The zero-order valence-corrected chi connectivity index (χ0v) is 33.1. The predicted molar refractivity (Wildman–Crippen MR) is 214 cm³/mol. The number of carbonyl (C=O) groups excluding carboxylic acids is 1. The quantitative estimate of drug-likeness (QED) is 0.0818. The predicted octanol–water partition coefficient (Wildman–Crippen LogP) is 9.45. The molecule has 54 heavy (non-hydrogen) atoms. The smallest absolute Gasteiger partial charge is 0.410 e. The molecule has 0 spiro atoms. The number of rotatable bonds is 18. The fraction of sp³-hybridized carbons (Fsp3) is 0.386. The van der Waals surface area contributed by atoms with Crippen molar-refractivity contribution in [3.63, 3.8) is 0 Å². The molecular weight excluding hydrogens is 748 g/mol. The molecule has 5 aromatic rings. The number of hydrogen-bond donors (Lipinski definition) is 0. The lowest BCUT2D eigenvalue weighted by atomic mass is 9.87. The Kier molecular flexibility index (Phi) is 14.4. The zero-order valence-electron chi connectivity index (χ0n) is 31.5. The molecule has 0 radical (unpaired) electrons. The SMILES string of the molecule is COCCCn1cc(C)c2ccc(COC3CN(C(=O)OCc4ccccc4)CCC3c3ccc(OCCCOCc4ccccc4OC)cc3)c(Br)c21. The lowest BCUT2D eigenvalue weighted by Crippen LogP contribution is -2.47. The first-order chi connectivity index (χ1) is 26.4. The van der Waals surface area contributed by atoms with Crippen LogP contribution in [0.25, 0.3) is 10.9 Å². The third-order valence-corrected chi connectivity index (χ3v) is 10.8. The van der Waals surface area contributed by atoms with Gasteiger partial charge >= 0.3 is 6.09 Å². The standard InChI is InChI=1S/C44H51BrN2O7/c1-32-27-46(22-9-24-49-2)43-38(32)20-17-36(42(43)45)31-53-41-28-47(44(48)54-29-33-11-5-4-6-12-33)23-21-39(41)34-15-18-37(19-16-34)52-26-10-25-51-30-35-13-7-8-14-40(35)50-3/h4-8,11-20,27,39,41H,9-10,21-26,28-31H2,1-3H3. The van der Waals surface area contributed by atoms with E-state index in [0.717, 1.165) is 69.5 Å². The maximum absolute atomic E-state index is 13.3. The summed E-state index contributed by atoms with van der Waals surface area (Å²) < 4.78 is 38.5. The Labute approximate surface area is 327 Å². The first-order valence-corrected chi connectivity index (χ1v) is 19.5. The molecule has 0 N–H and O–H groups in total. The van der Waals surface area contributed by atoms with Crippen LogP contribution in [0.2, 0.25) is 0 Å². The summed E-state index contributed by atoms with van der Waals surface area (Å²) in [6.07, 6.45) is 4.08. The number of methoxy groups -OCH3 is 2. The molecular formula is C44H51BrN2O7. The maximum atomic E-state index is 13.3. The number of fused-ring (bicyclic) bond motifs is 1. The van der Waals surface area contributed by atoms with Crippen molar-refractivity contribution in [3.8, 4) is 11.5 Å². The fourth-order valence-electron chi connectivity index (χ4n) is 7.05. The second kappa shape index (κ2) is 19.8. The van der Waals surface area contributed by atoms with Crippen molar-refractivity contribution in [1.82, 2.24) is 9.47 Å². The van der Waals surface area contributed by atoms with Crippen LogP contribution in [0.4, 0.5) is 4.79 Å². The van der Waals surface area contributed by atoms with Crippen LogP contribution in [0.5, 0.6) is 11.5 Å². The van der Waals surface area contributed by atoms with E-state index < -0.39 is 0 Å². The Balaban J connectivity index is 1.09. The number of carbonyl (C=O) groups is 1. The topological polar surface area (TPSA) is 80.6 Å². The highest BCUT2D eigenvalue weighted by molar-refractivity contribution is 9.10. The van der Waals surface area contributed by atoms with Gasteiger partial charge in [-0.15, -0.1) is 0 Å². The highest BCUT2D eigenvalue weighted by Gasteiger charge is 2.34. The van der Waals surface area contributed by atoms with E-state index >= 15 is 0 Å². The van der Waals surface area contributed by atoms with E-state index in [4.69, 9.17) is 28.4 Å². The summed E-state index contributed by atoms with van der Waals surface area (Å²) in [7, 11) is 3.41. The van der Waals surface area contributed by atoms with Crippen LogP contribution in [0.1, 0.15) is 53.0 Å². The van der Waals surface area contributed by atoms with Gasteiger partial charge in [-0.05, 0) is 76.1 Å². The number of benzene rings is 4. The molecule has 0 saturated carbocycles. The van der Waals surface area contributed by atoms with Crippen LogP contribution in [0.3, 0.4) is 0 Å². The highest BCUT2D eigenvalue weighted by Crippen LogP contribution is 2.35. The largest absolute Gasteiger partial charge is 0.496 e. The summed E-state index contributed by atoms with van der Waals surface area (Å²) >= 11 is 3.93.